The molecule has 1 N–H and O–H groups in total. The third-order valence-corrected chi connectivity index (χ3v) is 3.93. The van der Waals surface area contributed by atoms with Gasteiger partial charge in [0.05, 0.1) is 23.2 Å². The lowest BCUT2D eigenvalue weighted by Crippen LogP contribution is -2.15. The van der Waals surface area contributed by atoms with Crippen molar-refractivity contribution in [1.29, 1.82) is 0 Å². The van der Waals surface area contributed by atoms with E-state index in [4.69, 9.17) is 11.6 Å². The molecule has 0 saturated heterocycles. The van der Waals surface area contributed by atoms with Crippen molar-refractivity contribution in [3.05, 3.63) is 77.1 Å². The minimum Gasteiger partial charge on any atom is -0.394 e. The summed E-state index contributed by atoms with van der Waals surface area (Å²) in [6, 6.07) is 9.62. The predicted molar refractivity (Wildman–Crippen MR) is 84.3 cm³/mol. The minimum atomic E-state index is -0.524. The Kier molecular flexibility index (Phi) is 4.41. The highest BCUT2D eigenvalue weighted by molar-refractivity contribution is 6.33. The molecule has 0 saturated carbocycles. The molecule has 0 fully saturated rings. The van der Waals surface area contributed by atoms with Crippen LogP contribution in [0.1, 0.15) is 11.6 Å². The van der Waals surface area contributed by atoms with Crippen LogP contribution in [0.3, 0.4) is 0 Å². The molecular weight excluding hydrogens is 322 g/mol. The molecule has 23 heavy (non-hydrogen) atoms. The smallest absolute Gasteiger partial charge is 0.145 e. The molecule has 6 heteroatoms. The van der Waals surface area contributed by atoms with Gasteiger partial charge in [0.15, 0.2) is 0 Å². The van der Waals surface area contributed by atoms with Crippen LogP contribution in [0.25, 0.3) is 11.4 Å². The lowest BCUT2D eigenvalue weighted by molar-refractivity contribution is 0.250. The summed E-state index contributed by atoms with van der Waals surface area (Å²) in [5.74, 6) is -0.564. The zero-order valence-corrected chi connectivity index (χ0v) is 12.7. The van der Waals surface area contributed by atoms with Crippen molar-refractivity contribution in [3.8, 4) is 11.4 Å². The monoisotopic (exact) mass is 334 g/mol. The first-order chi connectivity index (χ1) is 11.1. The fraction of sp³-hybridized carbons (Fsp3) is 0.118. The van der Waals surface area contributed by atoms with Crippen molar-refractivity contribution in [2.45, 2.75) is 6.04 Å². The van der Waals surface area contributed by atoms with Gasteiger partial charge in [0.2, 0.25) is 0 Å². The summed E-state index contributed by atoms with van der Waals surface area (Å²) in [6.07, 6.45) is 3.13. The third kappa shape index (κ3) is 2.98. The first kappa shape index (κ1) is 15.6. The van der Waals surface area contributed by atoms with Crippen molar-refractivity contribution >= 4 is 11.6 Å². The summed E-state index contributed by atoms with van der Waals surface area (Å²) < 4.78 is 28.9. The number of aliphatic hydroxyl groups is 1. The molecule has 0 spiro atoms. The molecule has 0 amide bonds. The lowest BCUT2D eigenvalue weighted by atomic mass is 10.1. The number of aromatic nitrogens is 2. The molecule has 1 aromatic heterocycles. The Labute approximate surface area is 136 Å². The van der Waals surface area contributed by atoms with Crippen LogP contribution in [0.5, 0.6) is 0 Å². The Morgan fingerprint density at radius 3 is 2.52 bits per heavy atom. The quantitative estimate of drug-likeness (QED) is 0.781. The maximum Gasteiger partial charge on any atom is 0.145 e. The second-order valence-corrected chi connectivity index (χ2v) is 5.41. The van der Waals surface area contributed by atoms with Gasteiger partial charge in [-0.15, -0.1) is 0 Å². The summed E-state index contributed by atoms with van der Waals surface area (Å²) >= 11 is 6.10. The van der Waals surface area contributed by atoms with E-state index in [-0.39, 0.29) is 23.0 Å². The number of benzene rings is 2. The number of hydrogen-bond donors (Lipinski definition) is 1. The molecule has 1 unspecified atom stereocenters. The SMILES string of the molecule is OCC(c1ccc(F)cc1)n1ccnc1-c1c(F)cccc1Cl. The van der Waals surface area contributed by atoms with E-state index in [0.717, 1.165) is 0 Å². The van der Waals surface area contributed by atoms with Crippen molar-refractivity contribution < 1.29 is 13.9 Å². The predicted octanol–water partition coefficient (Wildman–Crippen LogP) is 4.06. The van der Waals surface area contributed by atoms with Crippen LogP contribution in [-0.4, -0.2) is 21.3 Å². The minimum absolute atomic E-state index is 0.166. The van der Waals surface area contributed by atoms with E-state index >= 15 is 0 Å². The second-order valence-electron chi connectivity index (χ2n) is 5.00. The normalized spacial score (nSPS) is 12.3. The summed E-state index contributed by atoms with van der Waals surface area (Å²) in [6.45, 7) is -0.249. The molecule has 0 aliphatic rings. The number of rotatable bonds is 4. The Morgan fingerprint density at radius 1 is 1.13 bits per heavy atom. The molecule has 0 aliphatic heterocycles. The molecule has 3 rings (SSSR count). The largest absolute Gasteiger partial charge is 0.394 e. The number of aliphatic hydroxyl groups excluding tert-OH is 1. The summed E-state index contributed by atoms with van der Waals surface area (Å²) in [7, 11) is 0. The van der Waals surface area contributed by atoms with E-state index in [9.17, 15) is 13.9 Å². The van der Waals surface area contributed by atoms with E-state index in [1.807, 2.05) is 0 Å². The van der Waals surface area contributed by atoms with Gasteiger partial charge in [0.25, 0.3) is 0 Å². The van der Waals surface area contributed by atoms with Gasteiger partial charge in [0, 0.05) is 12.4 Å². The molecule has 3 nitrogen and oxygen atoms in total. The van der Waals surface area contributed by atoms with Crippen LogP contribution in [0.2, 0.25) is 5.02 Å². The van der Waals surface area contributed by atoms with E-state index < -0.39 is 11.9 Å². The average molecular weight is 335 g/mol. The number of hydrogen-bond acceptors (Lipinski definition) is 2. The first-order valence-corrected chi connectivity index (χ1v) is 7.33. The maximum atomic E-state index is 14.2. The van der Waals surface area contributed by atoms with Gasteiger partial charge in [-0.2, -0.15) is 0 Å². The highest BCUT2D eigenvalue weighted by atomic mass is 35.5. The Hall–Kier alpha value is -2.24. The van der Waals surface area contributed by atoms with Crippen molar-refractivity contribution in [2.75, 3.05) is 6.61 Å². The molecular formula is C17H13ClF2N2O. The Morgan fingerprint density at radius 2 is 1.87 bits per heavy atom. The van der Waals surface area contributed by atoms with Gasteiger partial charge >= 0.3 is 0 Å². The van der Waals surface area contributed by atoms with Gasteiger partial charge in [-0.1, -0.05) is 29.8 Å². The summed E-state index contributed by atoms with van der Waals surface area (Å²) in [5, 5.41) is 9.99. The van der Waals surface area contributed by atoms with Gasteiger partial charge in [0.1, 0.15) is 17.5 Å². The summed E-state index contributed by atoms with van der Waals surface area (Å²) in [5.41, 5.74) is 0.848. The van der Waals surface area contributed by atoms with E-state index in [2.05, 4.69) is 4.98 Å². The molecule has 1 heterocycles. The van der Waals surface area contributed by atoms with Crippen LogP contribution >= 0.6 is 11.6 Å². The molecule has 3 aromatic rings. The molecule has 0 radical (unpaired) electrons. The molecule has 0 bridgehead atoms. The van der Waals surface area contributed by atoms with Gasteiger partial charge in [-0.25, -0.2) is 13.8 Å². The number of imidazole rings is 1. The van der Waals surface area contributed by atoms with Crippen molar-refractivity contribution in [3.63, 3.8) is 0 Å². The highest BCUT2D eigenvalue weighted by Crippen LogP contribution is 2.32. The fourth-order valence-corrected chi connectivity index (χ4v) is 2.76. The van der Waals surface area contributed by atoms with E-state index in [0.29, 0.717) is 11.4 Å². The Balaban J connectivity index is 2.11. The fourth-order valence-electron chi connectivity index (χ4n) is 2.51. The van der Waals surface area contributed by atoms with Crippen molar-refractivity contribution in [1.82, 2.24) is 9.55 Å². The standard InChI is InChI=1S/C17H13ClF2N2O/c18-13-2-1-3-14(20)16(13)17-21-8-9-22(17)15(10-23)11-4-6-12(19)7-5-11/h1-9,15,23H,10H2. The van der Waals surface area contributed by atoms with Gasteiger partial charge in [-0.3, -0.25) is 0 Å². The van der Waals surface area contributed by atoms with Crippen LogP contribution in [-0.2, 0) is 0 Å². The Bertz CT molecular complexity index is 797. The second kappa shape index (κ2) is 6.48. The zero-order valence-electron chi connectivity index (χ0n) is 12.0. The van der Waals surface area contributed by atoms with Crippen LogP contribution in [0.15, 0.2) is 54.9 Å². The average Bonchev–Trinajstić information content (AvgIpc) is 2.99. The first-order valence-electron chi connectivity index (χ1n) is 6.95. The number of halogens is 3. The highest BCUT2D eigenvalue weighted by Gasteiger charge is 2.21. The van der Waals surface area contributed by atoms with Gasteiger partial charge < -0.3 is 9.67 Å². The third-order valence-electron chi connectivity index (χ3n) is 3.62. The molecule has 0 aliphatic carbocycles. The zero-order chi connectivity index (χ0) is 16.4. The molecule has 118 valence electrons. The van der Waals surface area contributed by atoms with E-state index in [1.165, 1.54) is 30.5 Å². The van der Waals surface area contributed by atoms with Crippen LogP contribution < -0.4 is 0 Å². The molecule has 1 atom stereocenters. The molecule has 2 aromatic carbocycles. The van der Waals surface area contributed by atoms with Gasteiger partial charge in [-0.05, 0) is 29.8 Å². The maximum absolute atomic E-state index is 14.2. The lowest BCUT2D eigenvalue weighted by Gasteiger charge is -2.20. The van der Waals surface area contributed by atoms with Crippen LogP contribution in [0, 0.1) is 11.6 Å². The van der Waals surface area contributed by atoms with E-state index in [1.54, 1.807) is 29.0 Å². The number of nitrogens with zero attached hydrogens (tertiary/aromatic N) is 2. The van der Waals surface area contributed by atoms with Crippen molar-refractivity contribution in [2.24, 2.45) is 0 Å². The van der Waals surface area contributed by atoms with Crippen LogP contribution in [0.4, 0.5) is 8.78 Å². The topological polar surface area (TPSA) is 38.0 Å². The summed E-state index contributed by atoms with van der Waals surface area (Å²) in [4.78, 5) is 4.17.